The van der Waals surface area contributed by atoms with E-state index >= 15 is 0 Å². The van der Waals surface area contributed by atoms with Crippen LogP contribution < -0.4 is 15.5 Å². The summed E-state index contributed by atoms with van der Waals surface area (Å²) in [6.07, 6.45) is 2.38. The molecule has 0 aliphatic carbocycles. The second-order valence-electron chi connectivity index (χ2n) is 8.26. The standard InChI is InChI=1S/C23H28FN3O2/c1-16-12-14-27(15-13-16)20-10-8-19(9-11-20)26-22(29)23(2,3)21(28)25-18-6-4-17(24)5-7-18/h4-11,16H,12-15H2,1-3H3,(H,25,28)(H,26,29). The van der Waals surface area contributed by atoms with Crippen molar-refractivity contribution in [3.63, 3.8) is 0 Å². The van der Waals surface area contributed by atoms with Gasteiger partial charge in [0.2, 0.25) is 11.8 Å². The summed E-state index contributed by atoms with van der Waals surface area (Å²) in [5, 5.41) is 5.48. The van der Waals surface area contributed by atoms with Crippen LogP contribution in [-0.2, 0) is 9.59 Å². The number of hydrogen-bond acceptors (Lipinski definition) is 3. The predicted molar refractivity (Wildman–Crippen MR) is 114 cm³/mol. The third-order valence-corrected chi connectivity index (χ3v) is 5.51. The molecule has 6 heteroatoms. The van der Waals surface area contributed by atoms with E-state index in [9.17, 15) is 14.0 Å². The van der Waals surface area contributed by atoms with Gasteiger partial charge < -0.3 is 15.5 Å². The number of carbonyl (C=O) groups is 2. The van der Waals surface area contributed by atoms with Gasteiger partial charge in [-0.3, -0.25) is 9.59 Å². The molecule has 0 radical (unpaired) electrons. The summed E-state index contributed by atoms with van der Waals surface area (Å²) in [7, 11) is 0. The maximum atomic E-state index is 13.0. The second kappa shape index (κ2) is 8.64. The Balaban J connectivity index is 1.60. The number of rotatable bonds is 5. The van der Waals surface area contributed by atoms with Gasteiger partial charge in [0.1, 0.15) is 11.2 Å². The Kier molecular flexibility index (Phi) is 6.20. The Morgan fingerprint density at radius 1 is 0.897 bits per heavy atom. The van der Waals surface area contributed by atoms with Gasteiger partial charge in [0, 0.05) is 30.2 Å². The molecule has 1 saturated heterocycles. The summed E-state index contributed by atoms with van der Waals surface area (Å²) in [6.45, 7) is 7.49. The molecule has 0 spiro atoms. The third kappa shape index (κ3) is 5.13. The Morgan fingerprint density at radius 2 is 1.34 bits per heavy atom. The lowest BCUT2D eigenvalue weighted by Crippen LogP contribution is -2.41. The Hall–Kier alpha value is -2.89. The van der Waals surface area contributed by atoms with E-state index in [1.165, 1.54) is 37.1 Å². The van der Waals surface area contributed by atoms with Crippen LogP contribution in [-0.4, -0.2) is 24.9 Å². The first-order valence-corrected chi connectivity index (χ1v) is 9.99. The molecular weight excluding hydrogens is 369 g/mol. The minimum Gasteiger partial charge on any atom is -0.372 e. The van der Waals surface area contributed by atoms with Crippen LogP contribution in [0.4, 0.5) is 21.5 Å². The average Bonchev–Trinajstić information content (AvgIpc) is 2.71. The predicted octanol–water partition coefficient (Wildman–Crippen LogP) is 4.67. The van der Waals surface area contributed by atoms with Crippen molar-refractivity contribution in [3.8, 4) is 0 Å². The van der Waals surface area contributed by atoms with Crippen LogP contribution in [0.2, 0.25) is 0 Å². The molecule has 154 valence electrons. The number of nitrogens with one attached hydrogen (secondary N) is 2. The molecule has 0 aromatic heterocycles. The molecule has 2 aromatic rings. The number of carbonyl (C=O) groups excluding carboxylic acids is 2. The van der Waals surface area contributed by atoms with Gasteiger partial charge in [0.15, 0.2) is 0 Å². The van der Waals surface area contributed by atoms with Gasteiger partial charge in [-0.25, -0.2) is 4.39 Å². The van der Waals surface area contributed by atoms with Crippen molar-refractivity contribution >= 4 is 28.9 Å². The van der Waals surface area contributed by atoms with E-state index in [1.54, 1.807) is 13.8 Å². The lowest BCUT2D eigenvalue weighted by molar-refractivity contribution is -0.135. The Bertz CT molecular complexity index is 855. The monoisotopic (exact) mass is 397 g/mol. The van der Waals surface area contributed by atoms with Crippen LogP contribution in [0.3, 0.4) is 0 Å². The molecule has 1 aliphatic heterocycles. The number of amides is 2. The zero-order valence-corrected chi connectivity index (χ0v) is 17.2. The molecule has 3 rings (SSSR count). The van der Waals surface area contributed by atoms with Crippen molar-refractivity contribution in [3.05, 3.63) is 54.3 Å². The Morgan fingerprint density at radius 3 is 1.83 bits per heavy atom. The molecule has 0 unspecified atom stereocenters. The average molecular weight is 397 g/mol. The molecule has 5 nitrogen and oxygen atoms in total. The fraction of sp³-hybridized carbons (Fsp3) is 0.391. The van der Waals surface area contributed by atoms with Gasteiger partial charge in [0.05, 0.1) is 0 Å². The second-order valence-corrected chi connectivity index (χ2v) is 8.26. The number of benzene rings is 2. The highest BCUT2D eigenvalue weighted by Crippen LogP contribution is 2.26. The molecule has 1 heterocycles. The van der Waals surface area contributed by atoms with Crippen LogP contribution in [0.15, 0.2) is 48.5 Å². The van der Waals surface area contributed by atoms with Crippen LogP contribution in [0.25, 0.3) is 0 Å². The summed E-state index contributed by atoms with van der Waals surface area (Å²) >= 11 is 0. The van der Waals surface area contributed by atoms with Crippen molar-refractivity contribution in [2.45, 2.75) is 33.6 Å². The van der Waals surface area contributed by atoms with E-state index < -0.39 is 17.2 Å². The molecular formula is C23H28FN3O2. The summed E-state index contributed by atoms with van der Waals surface area (Å²) in [6, 6.07) is 13.1. The number of piperidine rings is 1. The van der Waals surface area contributed by atoms with E-state index in [-0.39, 0.29) is 5.82 Å². The smallest absolute Gasteiger partial charge is 0.239 e. The van der Waals surface area contributed by atoms with Gasteiger partial charge in [-0.1, -0.05) is 6.92 Å². The van der Waals surface area contributed by atoms with Gasteiger partial charge in [0.25, 0.3) is 0 Å². The minimum atomic E-state index is -1.30. The first kappa shape index (κ1) is 20.8. The zero-order chi connectivity index (χ0) is 21.0. The maximum absolute atomic E-state index is 13.0. The van der Waals surface area contributed by atoms with Crippen molar-refractivity contribution < 1.29 is 14.0 Å². The van der Waals surface area contributed by atoms with E-state index in [0.29, 0.717) is 11.4 Å². The van der Waals surface area contributed by atoms with Gasteiger partial charge in [-0.05, 0) is 81.1 Å². The molecule has 2 aromatic carbocycles. The van der Waals surface area contributed by atoms with Crippen LogP contribution >= 0.6 is 0 Å². The van der Waals surface area contributed by atoms with Crippen molar-refractivity contribution in [1.82, 2.24) is 0 Å². The largest absolute Gasteiger partial charge is 0.372 e. The normalized spacial score (nSPS) is 15.1. The number of hydrogen-bond donors (Lipinski definition) is 2. The van der Waals surface area contributed by atoms with E-state index in [0.717, 1.165) is 24.7 Å². The lowest BCUT2D eigenvalue weighted by Gasteiger charge is -2.32. The molecule has 1 aliphatic rings. The van der Waals surface area contributed by atoms with E-state index in [4.69, 9.17) is 0 Å². The fourth-order valence-corrected chi connectivity index (χ4v) is 3.23. The Labute approximate surface area is 171 Å². The molecule has 0 bridgehead atoms. The summed E-state index contributed by atoms with van der Waals surface area (Å²) in [5.74, 6) is -0.479. The van der Waals surface area contributed by atoms with E-state index in [1.807, 2.05) is 24.3 Å². The third-order valence-electron chi connectivity index (χ3n) is 5.51. The lowest BCUT2D eigenvalue weighted by atomic mass is 9.90. The SMILES string of the molecule is CC1CCN(c2ccc(NC(=O)C(C)(C)C(=O)Nc3ccc(F)cc3)cc2)CC1. The minimum absolute atomic E-state index is 0.387. The van der Waals surface area contributed by atoms with Gasteiger partial charge >= 0.3 is 0 Å². The van der Waals surface area contributed by atoms with Crippen molar-refractivity contribution in [2.24, 2.45) is 11.3 Å². The van der Waals surface area contributed by atoms with Gasteiger partial charge in [-0.15, -0.1) is 0 Å². The maximum Gasteiger partial charge on any atom is 0.239 e. The number of anilines is 3. The quantitative estimate of drug-likeness (QED) is 0.721. The molecule has 0 atom stereocenters. The topological polar surface area (TPSA) is 61.4 Å². The summed E-state index contributed by atoms with van der Waals surface area (Å²) in [5.41, 5.74) is 0.934. The molecule has 2 N–H and O–H groups in total. The summed E-state index contributed by atoms with van der Waals surface area (Å²) in [4.78, 5) is 27.6. The molecule has 29 heavy (non-hydrogen) atoms. The van der Waals surface area contributed by atoms with Gasteiger partial charge in [-0.2, -0.15) is 0 Å². The number of nitrogens with zero attached hydrogens (tertiary/aromatic N) is 1. The zero-order valence-electron chi connectivity index (χ0n) is 17.2. The van der Waals surface area contributed by atoms with E-state index in [2.05, 4.69) is 22.5 Å². The molecule has 2 amide bonds. The highest BCUT2D eigenvalue weighted by atomic mass is 19.1. The highest BCUT2D eigenvalue weighted by molar-refractivity contribution is 6.14. The fourth-order valence-electron chi connectivity index (χ4n) is 3.23. The number of halogens is 1. The van der Waals surface area contributed by atoms with Crippen LogP contribution in [0, 0.1) is 17.2 Å². The molecule has 0 saturated carbocycles. The molecule has 1 fully saturated rings. The first-order valence-electron chi connectivity index (χ1n) is 9.99. The first-order chi connectivity index (χ1) is 13.8. The van der Waals surface area contributed by atoms with Crippen LogP contribution in [0.1, 0.15) is 33.6 Å². The highest BCUT2D eigenvalue weighted by Gasteiger charge is 2.36. The van der Waals surface area contributed by atoms with Crippen molar-refractivity contribution in [1.29, 1.82) is 0 Å². The van der Waals surface area contributed by atoms with Crippen molar-refractivity contribution in [2.75, 3.05) is 28.6 Å². The van der Waals surface area contributed by atoms with Crippen LogP contribution in [0.5, 0.6) is 0 Å². The summed E-state index contributed by atoms with van der Waals surface area (Å²) < 4.78 is 13.0.